The summed E-state index contributed by atoms with van der Waals surface area (Å²) < 4.78 is 1.65. The molecule has 0 saturated heterocycles. The van der Waals surface area contributed by atoms with E-state index >= 15 is 0 Å². The monoisotopic (exact) mass is 460 g/mol. The first-order chi connectivity index (χ1) is 14.4. The number of fused-ring (bicyclic) bond motifs is 1. The zero-order valence-corrected chi connectivity index (χ0v) is 17.6. The van der Waals surface area contributed by atoms with Gasteiger partial charge in [0, 0.05) is 16.4 Å². The number of rotatable bonds is 4. The highest BCUT2D eigenvalue weighted by Gasteiger charge is 2.12. The molecule has 0 radical (unpaired) electrons. The van der Waals surface area contributed by atoms with E-state index in [1.807, 2.05) is 6.07 Å². The molecule has 0 fully saturated rings. The highest BCUT2D eigenvalue weighted by Crippen LogP contribution is 2.29. The number of amides is 2. The Balaban J connectivity index is 1.53. The first-order valence-electron chi connectivity index (χ1n) is 8.86. The minimum absolute atomic E-state index is 0.133. The second-order valence-corrected chi connectivity index (χ2v) is 7.80. The van der Waals surface area contributed by atoms with Crippen LogP contribution in [0.25, 0.3) is 10.9 Å². The van der Waals surface area contributed by atoms with Crippen molar-refractivity contribution in [1.29, 1.82) is 0 Å². The van der Waals surface area contributed by atoms with Crippen LogP contribution in [-0.2, 0) is 6.54 Å². The fraction of sp³-hybridized carbons (Fsp3) is 0.0476. The predicted molar refractivity (Wildman–Crippen MR) is 121 cm³/mol. The number of aromatic nitrogens is 2. The fourth-order valence-electron chi connectivity index (χ4n) is 3.00. The molecule has 0 unspecified atom stereocenters. The summed E-state index contributed by atoms with van der Waals surface area (Å²) in [4.78, 5) is 12.2. The number of nitrogens with zero attached hydrogens (tertiary/aromatic N) is 2. The van der Waals surface area contributed by atoms with Gasteiger partial charge in [0.15, 0.2) is 0 Å². The number of aromatic hydroxyl groups is 1. The normalized spacial score (nSPS) is 10.9. The number of benzene rings is 3. The maximum atomic E-state index is 12.2. The van der Waals surface area contributed by atoms with Crippen molar-refractivity contribution >= 4 is 63.1 Å². The summed E-state index contributed by atoms with van der Waals surface area (Å²) in [5, 5.41) is 21.9. The van der Waals surface area contributed by atoms with Crippen molar-refractivity contribution in [3.05, 3.63) is 81.3 Å². The SMILES string of the molecule is O=C(Nc1ccc(Cl)cc1)Nc1ccc2c(c1)c(O)nn2Cc1ccc(Cl)c(Cl)c1. The van der Waals surface area contributed by atoms with Crippen LogP contribution in [0.5, 0.6) is 5.88 Å². The molecule has 4 aromatic rings. The Hall–Kier alpha value is -2.93. The number of hydrogen-bond donors (Lipinski definition) is 3. The van der Waals surface area contributed by atoms with Crippen LogP contribution in [0.4, 0.5) is 16.2 Å². The van der Waals surface area contributed by atoms with Crippen LogP contribution in [-0.4, -0.2) is 20.9 Å². The molecule has 3 N–H and O–H groups in total. The Morgan fingerprint density at radius 1 is 0.900 bits per heavy atom. The van der Waals surface area contributed by atoms with Gasteiger partial charge < -0.3 is 15.7 Å². The van der Waals surface area contributed by atoms with Crippen LogP contribution in [0.1, 0.15) is 5.56 Å². The molecule has 0 spiro atoms. The van der Waals surface area contributed by atoms with Crippen molar-refractivity contribution in [1.82, 2.24) is 9.78 Å². The molecule has 0 aliphatic carbocycles. The Bertz CT molecular complexity index is 1240. The molecule has 0 saturated carbocycles. The lowest BCUT2D eigenvalue weighted by Crippen LogP contribution is -2.19. The molecule has 2 amide bonds. The highest BCUT2D eigenvalue weighted by atomic mass is 35.5. The van der Waals surface area contributed by atoms with Crippen molar-refractivity contribution < 1.29 is 9.90 Å². The van der Waals surface area contributed by atoms with Gasteiger partial charge in [0.25, 0.3) is 0 Å². The van der Waals surface area contributed by atoms with Crippen LogP contribution in [0.3, 0.4) is 0 Å². The average molecular weight is 462 g/mol. The van der Waals surface area contributed by atoms with Crippen molar-refractivity contribution in [2.75, 3.05) is 10.6 Å². The lowest BCUT2D eigenvalue weighted by Gasteiger charge is -2.08. The first kappa shape index (κ1) is 20.3. The minimum Gasteiger partial charge on any atom is -0.492 e. The Morgan fingerprint density at radius 3 is 2.33 bits per heavy atom. The predicted octanol–water partition coefficient (Wildman–Crippen LogP) is 6.39. The topological polar surface area (TPSA) is 79.2 Å². The fourth-order valence-corrected chi connectivity index (χ4v) is 3.44. The number of urea groups is 1. The van der Waals surface area contributed by atoms with Gasteiger partial charge in [0.05, 0.1) is 27.5 Å². The smallest absolute Gasteiger partial charge is 0.323 e. The summed E-state index contributed by atoms with van der Waals surface area (Å²) in [5.41, 5.74) is 2.72. The number of halogens is 3. The lowest BCUT2D eigenvalue weighted by molar-refractivity contribution is 0.262. The van der Waals surface area contributed by atoms with Gasteiger partial charge in [-0.3, -0.25) is 4.68 Å². The van der Waals surface area contributed by atoms with Crippen LogP contribution in [0.2, 0.25) is 15.1 Å². The number of nitrogens with one attached hydrogen (secondary N) is 2. The molecular weight excluding hydrogens is 447 g/mol. The summed E-state index contributed by atoms with van der Waals surface area (Å²) in [6.07, 6.45) is 0. The van der Waals surface area contributed by atoms with Crippen LogP contribution in [0, 0.1) is 0 Å². The Labute approximate surface area is 187 Å². The van der Waals surface area contributed by atoms with E-state index in [0.29, 0.717) is 43.9 Å². The van der Waals surface area contributed by atoms with E-state index in [1.165, 1.54) is 0 Å². The molecule has 4 rings (SSSR count). The van der Waals surface area contributed by atoms with Crippen molar-refractivity contribution in [2.45, 2.75) is 6.54 Å². The van der Waals surface area contributed by atoms with Gasteiger partial charge in [-0.25, -0.2) is 4.79 Å². The van der Waals surface area contributed by atoms with E-state index in [0.717, 1.165) is 5.56 Å². The molecule has 0 atom stereocenters. The van der Waals surface area contributed by atoms with E-state index < -0.39 is 6.03 Å². The van der Waals surface area contributed by atoms with Gasteiger partial charge >= 0.3 is 6.03 Å². The largest absolute Gasteiger partial charge is 0.492 e. The summed E-state index contributed by atoms with van der Waals surface area (Å²) in [5.74, 6) is -0.133. The molecule has 1 aromatic heterocycles. The molecule has 0 aliphatic rings. The Kier molecular flexibility index (Phi) is 5.72. The maximum absolute atomic E-state index is 12.2. The van der Waals surface area contributed by atoms with E-state index in [-0.39, 0.29) is 5.88 Å². The van der Waals surface area contributed by atoms with Gasteiger partial charge in [0.2, 0.25) is 5.88 Å². The van der Waals surface area contributed by atoms with Gasteiger partial charge in [-0.2, -0.15) is 0 Å². The molecule has 30 heavy (non-hydrogen) atoms. The summed E-state index contributed by atoms with van der Waals surface area (Å²) in [6.45, 7) is 0.401. The third-order valence-electron chi connectivity index (χ3n) is 4.41. The number of hydrogen-bond acceptors (Lipinski definition) is 3. The average Bonchev–Trinajstić information content (AvgIpc) is 3.01. The van der Waals surface area contributed by atoms with Gasteiger partial charge in [-0.05, 0) is 60.2 Å². The van der Waals surface area contributed by atoms with E-state index in [2.05, 4.69) is 15.7 Å². The summed E-state index contributed by atoms with van der Waals surface area (Å²) >= 11 is 17.9. The molecule has 9 heteroatoms. The van der Waals surface area contributed by atoms with Crippen LogP contribution in [0.15, 0.2) is 60.7 Å². The summed E-state index contributed by atoms with van der Waals surface area (Å²) in [6, 6.07) is 16.8. The number of carbonyl (C=O) groups is 1. The third-order valence-corrected chi connectivity index (χ3v) is 5.40. The number of anilines is 2. The van der Waals surface area contributed by atoms with Gasteiger partial charge in [-0.15, -0.1) is 5.10 Å². The lowest BCUT2D eigenvalue weighted by atomic mass is 10.2. The molecule has 3 aromatic carbocycles. The van der Waals surface area contributed by atoms with Gasteiger partial charge in [-0.1, -0.05) is 40.9 Å². The number of carbonyl (C=O) groups excluding carboxylic acids is 1. The standard InChI is InChI=1S/C21H15Cl3N4O2/c22-13-2-4-14(5-3-13)25-21(30)26-15-6-8-19-16(10-15)20(29)27-28(19)11-12-1-7-17(23)18(24)9-12/h1-10H,11H2,(H,27,29)(H2,25,26,30). The second kappa shape index (κ2) is 8.44. The molecule has 0 aliphatic heterocycles. The van der Waals surface area contributed by atoms with Crippen LogP contribution < -0.4 is 10.6 Å². The van der Waals surface area contributed by atoms with Crippen molar-refractivity contribution in [2.24, 2.45) is 0 Å². The maximum Gasteiger partial charge on any atom is 0.323 e. The van der Waals surface area contributed by atoms with E-state index in [1.54, 1.807) is 59.3 Å². The van der Waals surface area contributed by atoms with Gasteiger partial charge in [0.1, 0.15) is 0 Å². The van der Waals surface area contributed by atoms with Crippen molar-refractivity contribution in [3.63, 3.8) is 0 Å². The van der Waals surface area contributed by atoms with Crippen LogP contribution >= 0.6 is 34.8 Å². The molecule has 152 valence electrons. The van der Waals surface area contributed by atoms with E-state index in [4.69, 9.17) is 34.8 Å². The first-order valence-corrected chi connectivity index (χ1v) is 9.99. The molecule has 1 heterocycles. The molecular formula is C21H15Cl3N4O2. The quantitative estimate of drug-likeness (QED) is 0.329. The second-order valence-electron chi connectivity index (χ2n) is 6.55. The molecule has 6 nitrogen and oxygen atoms in total. The third kappa shape index (κ3) is 4.46. The van der Waals surface area contributed by atoms with E-state index in [9.17, 15) is 9.90 Å². The zero-order chi connectivity index (χ0) is 21.3. The molecule has 0 bridgehead atoms. The highest BCUT2D eigenvalue weighted by molar-refractivity contribution is 6.42. The Morgan fingerprint density at radius 2 is 1.60 bits per heavy atom. The summed E-state index contributed by atoms with van der Waals surface area (Å²) in [7, 11) is 0. The zero-order valence-electron chi connectivity index (χ0n) is 15.4. The minimum atomic E-state index is -0.417. The van der Waals surface area contributed by atoms with Crippen molar-refractivity contribution in [3.8, 4) is 5.88 Å².